The van der Waals surface area contributed by atoms with E-state index in [1.165, 1.54) is 0 Å². The van der Waals surface area contributed by atoms with Gasteiger partial charge in [-0.15, -0.1) is 0 Å². The van der Waals surface area contributed by atoms with Gasteiger partial charge in [-0.05, 0) is 21.9 Å². The summed E-state index contributed by atoms with van der Waals surface area (Å²) in [4.78, 5) is 13.1. The molecule has 3 aromatic rings. The molecule has 2 nitrogen and oxygen atoms in total. The highest BCUT2D eigenvalue weighted by Gasteiger charge is 2.21. The van der Waals surface area contributed by atoms with Gasteiger partial charge in [0.2, 0.25) is 5.91 Å². The van der Waals surface area contributed by atoms with Crippen LogP contribution in [0.15, 0.2) is 66.7 Å². The van der Waals surface area contributed by atoms with Gasteiger partial charge in [-0.1, -0.05) is 91.1 Å². The average molecular weight is 331 g/mol. The Labute approximate surface area is 148 Å². The average Bonchev–Trinajstić information content (AvgIpc) is 2.65. The fourth-order valence-electron chi connectivity index (χ4n) is 3.12. The lowest BCUT2D eigenvalue weighted by Crippen LogP contribution is -2.37. The van der Waals surface area contributed by atoms with Crippen molar-refractivity contribution < 1.29 is 4.79 Å². The molecule has 0 aliphatic carbocycles. The van der Waals surface area contributed by atoms with E-state index in [1.54, 1.807) is 0 Å². The molecule has 0 aliphatic rings. The lowest BCUT2D eigenvalue weighted by molar-refractivity contribution is 0.0981. The van der Waals surface area contributed by atoms with Crippen LogP contribution >= 0.6 is 0 Å². The van der Waals surface area contributed by atoms with Crippen LogP contribution in [-0.2, 0) is 0 Å². The second kappa shape index (κ2) is 7.66. The van der Waals surface area contributed by atoms with Crippen LogP contribution in [0.1, 0.15) is 24.2 Å². The summed E-state index contributed by atoms with van der Waals surface area (Å²) in [6.07, 6.45) is 0. The molecule has 0 fully saturated rings. The summed E-state index contributed by atoms with van der Waals surface area (Å²) < 4.78 is 3.33. The minimum absolute atomic E-state index is 0.0750. The van der Waals surface area contributed by atoms with Crippen LogP contribution in [0.2, 0.25) is 10.6 Å². The zero-order valence-electron chi connectivity index (χ0n) is 14.3. The fourth-order valence-corrected chi connectivity index (χ4v) is 4.63. The zero-order valence-corrected chi connectivity index (χ0v) is 15.4. The van der Waals surface area contributed by atoms with Gasteiger partial charge in [-0.25, -0.2) is 0 Å². The SMILES string of the molecule is C[CH2][Al]([CH2]C)[NH]C(=O)c1c(-c2ccccc2)ccc2ccccc12. The number of carbonyl (C=O) groups is 1. The molecule has 0 spiro atoms. The molecule has 0 radical (unpaired) electrons. The fraction of sp³-hybridized carbons (Fsp3) is 0.190. The number of benzene rings is 3. The number of hydrogen-bond donors (Lipinski definition) is 1. The first kappa shape index (κ1) is 16.8. The first-order valence-corrected chi connectivity index (χ1v) is 10.8. The number of fused-ring (bicyclic) bond motifs is 1. The predicted octanol–water partition coefficient (Wildman–Crippen LogP) is 5.27. The monoisotopic (exact) mass is 331 g/mol. The summed E-state index contributed by atoms with van der Waals surface area (Å²) in [5.41, 5.74) is 2.89. The molecule has 0 heterocycles. The van der Waals surface area contributed by atoms with Crippen LogP contribution < -0.4 is 4.30 Å². The van der Waals surface area contributed by atoms with Crippen molar-refractivity contribution in [3.8, 4) is 11.1 Å². The largest absolute Gasteiger partial charge is 0.442 e. The van der Waals surface area contributed by atoms with E-state index in [9.17, 15) is 4.79 Å². The van der Waals surface area contributed by atoms with E-state index in [1.807, 2.05) is 36.4 Å². The van der Waals surface area contributed by atoms with Gasteiger partial charge in [0.05, 0.1) is 5.56 Å². The number of carbonyl (C=O) groups excluding carboxylic acids is 1. The molecular formula is C21H22AlNO. The van der Waals surface area contributed by atoms with Gasteiger partial charge in [0, 0.05) is 0 Å². The van der Waals surface area contributed by atoms with Crippen LogP contribution in [-0.4, -0.2) is 20.3 Å². The van der Waals surface area contributed by atoms with Crippen molar-refractivity contribution in [1.82, 2.24) is 4.30 Å². The van der Waals surface area contributed by atoms with Gasteiger partial charge < -0.3 is 4.30 Å². The molecule has 3 heteroatoms. The highest BCUT2D eigenvalue weighted by molar-refractivity contribution is 6.59. The van der Waals surface area contributed by atoms with Crippen LogP contribution in [0, 0.1) is 0 Å². The number of amides is 1. The minimum atomic E-state index is -1.21. The maximum atomic E-state index is 13.1. The Bertz CT molecular complexity index is 841. The molecular weight excluding hydrogens is 309 g/mol. The third kappa shape index (κ3) is 3.38. The van der Waals surface area contributed by atoms with Crippen molar-refractivity contribution >= 4 is 31.0 Å². The summed E-state index contributed by atoms with van der Waals surface area (Å²) in [6.45, 7) is 4.34. The molecule has 24 heavy (non-hydrogen) atoms. The summed E-state index contributed by atoms with van der Waals surface area (Å²) in [6, 6.07) is 22.5. The van der Waals surface area contributed by atoms with E-state index in [-0.39, 0.29) is 5.91 Å². The lowest BCUT2D eigenvalue weighted by atomic mass is 9.94. The quantitative estimate of drug-likeness (QED) is 0.634. The van der Waals surface area contributed by atoms with E-state index in [4.69, 9.17) is 0 Å². The van der Waals surface area contributed by atoms with Gasteiger partial charge in [-0.3, -0.25) is 4.79 Å². The molecule has 0 bridgehead atoms. The number of hydrogen-bond acceptors (Lipinski definition) is 1. The molecule has 0 aromatic heterocycles. The smallest absolute Gasteiger partial charge is 0.413 e. The molecule has 120 valence electrons. The minimum Gasteiger partial charge on any atom is -0.442 e. The van der Waals surface area contributed by atoms with Gasteiger partial charge in [0.1, 0.15) is 0 Å². The third-order valence-electron chi connectivity index (χ3n) is 4.56. The van der Waals surface area contributed by atoms with E-state index < -0.39 is 14.4 Å². The van der Waals surface area contributed by atoms with E-state index >= 15 is 0 Å². The Morgan fingerprint density at radius 1 is 0.875 bits per heavy atom. The van der Waals surface area contributed by atoms with E-state index in [0.29, 0.717) is 0 Å². The Kier molecular flexibility index (Phi) is 5.35. The Morgan fingerprint density at radius 2 is 1.54 bits per heavy atom. The molecule has 3 aromatic carbocycles. The summed E-state index contributed by atoms with van der Waals surface area (Å²) in [7, 11) is 0. The van der Waals surface area contributed by atoms with Crippen LogP contribution in [0.3, 0.4) is 0 Å². The molecule has 0 saturated heterocycles. The molecule has 3 rings (SSSR count). The second-order valence-corrected chi connectivity index (χ2v) is 9.38. The van der Waals surface area contributed by atoms with Crippen molar-refractivity contribution in [2.24, 2.45) is 0 Å². The van der Waals surface area contributed by atoms with Crippen molar-refractivity contribution in [1.29, 1.82) is 0 Å². The van der Waals surface area contributed by atoms with Crippen molar-refractivity contribution in [3.05, 3.63) is 72.3 Å². The number of rotatable bonds is 5. The topological polar surface area (TPSA) is 29.1 Å². The molecule has 0 unspecified atom stereocenters. The van der Waals surface area contributed by atoms with Crippen molar-refractivity contribution in [3.63, 3.8) is 0 Å². The maximum absolute atomic E-state index is 13.1. The Balaban J connectivity index is 2.17. The van der Waals surface area contributed by atoms with Crippen LogP contribution in [0.4, 0.5) is 0 Å². The van der Waals surface area contributed by atoms with Gasteiger partial charge in [-0.2, -0.15) is 0 Å². The standard InChI is InChI=1S/C17H13NO.2C2H5.Al/c18-17(19)16-14-9-5-4-8-13(14)10-11-15(16)12-6-2-1-3-7-12;2*1-2;/h1-11H,(H2,18,19);2*1H2,2H3;/q;;;+1/p-1. The van der Waals surface area contributed by atoms with Crippen molar-refractivity contribution in [2.75, 3.05) is 0 Å². The first-order valence-electron chi connectivity index (χ1n) is 8.62. The highest BCUT2D eigenvalue weighted by atomic mass is 27.2. The van der Waals surface area contributed by atoms with Crippen molar-refractivity contribution in [2.45, 2.75) is 24.4 Å². The maximum Gasteiger partial charge on any atom is 0.413 e. The predicted molar refractivity (Wildman–Crippen MR) is 104 cm³/mol. The lowest BCUT2D eigenvalue weighted by Gasteiger charge is -2.16. The van der Waals surface area contributed by atoms with Crippen LogP contribution in [0.25, 0.3) is 21.9 Å². The molecule has 0 atom stereocenters. The molecule has 1 amide bonds. The number of nitrogens with one attached hydrogen (secondary N) is 1. The summed E-state index contributed by atoms with van der Waals surface area (Å²) in [5.74, 6) is 0.0750. The Hall–Kier alpha value is -2.08. The zero-order chi connectivity index (χ0) is 16.9. The van der Waals surface area contributed by atoms with Gasteiger partial charge >= 0.3 is 14.4 Å². The third-order valence-corrected chi connectivity index (χ3v) is 7.20. The Morgan fingerprint density at radius 3 is 2.25 bits per heavy atom. The van der Waals surface area contributed by atoms with E-state index in [2.05, 4.69) is 48.5 Å². The van der Waals surface area contributed by atoms with Crippen LogP contribution in [0.5, 0.6) is 0 Å². The summed E-state index contributed by atoms with van der Waals surface area (Å²) in [5, 5.41) is 4.28. The summed E-state index contributed by atoms with van der Waals surface area (Å²) >= 11 is -1.21. The first-order chi connectivity index (χ1) is 11.7. The molecule has 1 N–H and O–H groups in total. The van der Waals surface area contributed by atoms with Gasteiger partial charge in [0.15, 0.2) is 0 Å². The molecule has 0 saturated carbocycles. The normalized spacial score (nSPS) is 10.6. The highest BCUT2D eigenvalue weighted by Crippen LogP contribution is 2.30. The van der Waals surface area contributed by atoms with E-state index in [0.717, 1.165) is 38.0 Å². The second-order valence-electron chi connectivity index (χ2n) is 6.06. The van der Waals surface area contributed by atoms with Gasteiger partial charge in [0.25, 0.3) is 0 Å². The molecule has 0 aliphatic heterocycles.